The fourth-order valence-electron chi connectivity index (χ4n) is 4.63. The molecule has 5 unspecified atom stereocenters. The van der Waals surface area contributed by atoms with Gasteiger partial charge < -0.3 is 32.3 Å². The molecule has 0 aromatic heterocycles. The molecule has 0 spiro atoms. The third kappa shape index (κ3) is 13.8. The molecule has 0 aromatic carbocycles. The number of thioether (sulfide) groups is 1. The van der Waals surface area contributed by atoms with E-state index in [9.17, 15) is 23.4 Å². The van der Waals surface area contributed by atoms with Gasteiger partial charge in [-0.15, -0.1) is 0 Å². The van der Waals surface area contributed by atoms with E-state index in [0.717, 1.165) is 50.7 Å². The lowest BCUT2D eigenvalue weighted by Gasteiger charge is -2.16. The Hall–Kier alpha value is -1.68. The maximum atomic E-state index is 12.1. The molecule has 2 aliphatic heterocycles. The standard InChI is InChI=1S/C25H46N6O6S3/c1-37-40(36,38)16-15-29-24(34)18(26)9-6-8-14-28-21(32)11-3-2-7-13-27-22(33)12-5-4-10-20-23-19(17-39-20)30-25(35)31-23/h18-20,23H,2-17,26H2,1H3,(H,27,33)(H,28,32)(H,29,34)(H2,30,31,35). The number of fused-ring (bicyclic) bond motifs is 1. The normalized spacial score (nSPS) is 21.9. The zero-order valence-electron chi connectivity index (χ0n) is 23.4. The molecule has 5 atom stereocenters. The summed E-state index contributed by atoms with van der Waals surface area (Å²) in [6, 6.07) is -0.283. The van der Waals surface area contributed by atoms with Crippen molar-refractivity contribution in [1.29, 1.82) is 0 Å². The molecule has 2 saturated heterocycles. The highest BCUT2D eigenvalue weighted by Gasteiger charge is 2.42. The van der Waals surface area contributed by atoms with E-state index in [-0.39, 0.29) is 48.1 Å². The highest BCUT2D eigenvalue weighted by molar-refractivity contribution is 8.30. The number of carbonyl (C=O) groups excluding carboxylic acids is 4. The Morgan fingerprint density at radius 2 is 1.65 bits per heavy atom. The summed E-state index contributed by atoms with van der Waals surface area (Å²) in [7, 11) is -1.51. The van der Waals surface area contributed by atoms with Crippen LogP contribution in [0.2, 0.25) is 0 Å². The first kappa shape index (κ1) is 34.5. The van der Waals surface area contributed by atoms with E-state index in [0.29, 0.717) is 44.0 Å². The summed E-state index contributed by atoms with van der Waals surface area (Å²) in [6.07, 6.45) is 8.14. The number of nitrogens with two attached hydrogens (primary N) is 1. The quantitative estimate of drug-likeness (QED) is 0.0781. The molecule has 230 valence electrons. The maximum Gasteiger partial charge on any atom is 0.315 e. The number of hydrogen-bond donors (Lipinski definition) is 6. The molecule has 0 saturated carbocycles. The summed E-state index contributed by atoms with van der Waals surface area (Å²) in [5.41, 5.74) is 5.87. The highest BCUT2D eigenvalue weighted by atomic mass is 32.8. The molecule has 2 heterocycles. The second kappa shape index (κ2) is 18.7. The zero-order valence-corrected chi connectivity index (χ0v) is 25.8. The Labute approximate surface area is 247 Å². The van der Waals surface area contributed by atoms with Crippen LogP contribution < -0.4 is 32.3 Å². The number of carbonyl (C=O) groups is 4. The second-order valence-electron chi connectivity index (χ2n) is 10.2. The van der Waals surface area contributed by atoms with Crippen molar-refractivity contribution in [1.82, 2.24) is 26.6 Å². The molecule has 40 heavy (non-hydrogen) atoms. The van der Waals surface area contributed by atoms with Crippen molar-refractivity contribution in [3.63, 3.8) is 0 Å². The van der Waals surface area contributed by atoms with Gasteiger partial charge in [-0.1, -0.05) is 12.8 Å². The predicted molar refractivity (Wildman–Crippen MR) is 161 cm³/mol. The van der Waals surface area contributed by atoms with Crippen molar-refractivity contribution in [2.24, 2.45) is 5.73 Å². The van der Waals surface area contributed by atoms with Crippen molar-refractivity contribution < 1.29 is 27.6 Å². The molecule has 7 N–H and O–H groups in total. The van der Waals surface area contributed by atoms with Gasteiger partial charge in [-0.25, -0.2) is 9.00 Å². The minimum Gasteiger partial charge on any atom is -0.356 e. The van der Waals surface area contributed by atoms with Gasteiger partial charge in [0.15, 0.2) is 0 Å². The van der Waals surface area contributed by atoms with E-state index in [1.54, 1.807) is 0 Å². The first-order valence-electron chi connectivity index (χ1n) is 14.1. The second-order valence-corrected chi connectivity index (χ2v) is 14.9. The van der Waals surface area contributed by atoms with Gasteiger partial charge in [0.1, 0.15) is 8.77 Å². The monoisotopic (exact) mass is 622 g/mol. The van der Waals surface area contributed by atoms with Crippen LogP contribution in [0.3, 0.4) is 0 Å². The smallest absolute Gasteiger partial charge is 0.315 e. The van der Waals surface area contributed by atoms with Gasteiger partial charge in [-0.05, 0) is 44.9 Å². The summed E-state index contributed by atoms with van der Waals surface area (Å²) in [5.74, 6) is 0.749. The fourth-order valence-corrected chi connectivity index (χ4v) is 6.94. The van der Waals surface area contributed by atoms with E-state index >= 15 is 0 Å². The van der Waals surface area contributed by atoms with E-state index in [4.69, 9.17) is 16.9 Å². The van der Waals surface area contributed by atoms with Crippen LogP contribution in [0.5, 0.6) is 0 Å². The van der Waals surface area contributed by atoms with Crippen molar-refractivity contribution in [3.05, 3.63) is 0 Å². The molecule has 2 rings (SSSR count). The molecular formula is C25H46N6O6S3. The molecule has 5 amide bonds. The van der Waals surface area contributed by atoms with Crippen LogP contribution in [-0.4, -0.2) is 89.6 Å². The number of rotatable bonds is 21. The summed E-state index contributed by atoms with van der Waals surface area (Å²) in [4.78, 5) is 47.4. The molecule has 2 aliphatic rings. The van der Waals surface area contributed by atoms with E-state index in [1.807, 2.05) is 11.8 Å². The molecule has 12 nitrogen and oxygen atoms in total. The Balaban J connectivity index is 1.36. The number of urea groups is 1. The third-order valence-electron chi connectivity index (χ3n) is 6.99. The predicted octanol–water partition coefficient (Wildman–Crippen LogP) is 0.427. The van der Waals surface area contributed by atoms with Crippen LogP contribution >= 0.6 is 11.8 Å². The Morgan fingerprint density at radius 3 is 2.33 bits per heavy atom. The number of nitrogens with one attached hydrogen (secondary N) is 5. The lowest BCUT2D eigenvalue weighted by atomic mass is 10.0. The average molecular weight is 623 g/mol. The maximum absolute atomic E-state index is 12.1. The van der Waals surface area contributed by atoms with Crippen LogP contribution in [0.4, 0.5) is 4.79 Å². The minimum absolute atomic E-state index is 0.00331. The average Bonchev–Trinajstić information content (AvgIpc) is 3.47. The van der Waals surface area contributed by atoms with E-state index in [2.05, 4.69) is 30.8 Å². The summed E-state index contributed by atoms with van der Waals surface area (Å²) in [5, 5.41) is 14.8. The van der Waals surface area contributed by atoms with Gasteiger partial charge in [0, 0.05) is 54.7 Å². The van der Waals surface area contributed by atoms with Gasteiger partial charge in [-0.2, -0.15) is 11.8 Å². The zero-order chi connectivity index (χ0) is 29.4. The Kier molecular flexibility index (Phi) is 16.1. The van der Waals surface area contributed by atoms with Crippen LogP contribution in [-0.2, 0) is 38.5 Å². The highest BCUT2D eigenvalue weighted by Crippen LogP contribution is 2.33. The van der Waals surface area contributed by atoms with Crippen LogP contribution in [0.15, 0.2) is 0 Å². The largest absolute Gasteiger partial charge is 0.356 e. The van der Waals surface area contributed by atoms with Gasteiger partial charge in [0.25, 0.3) is 0 Å². The number of amides is 5. The molecule has 2 fully saturated rings. The number of unbranched alkanes of at least 4 members (excludes halogenated alkanes) is 4. The molecule has 0 radical (unpaired) electrons. The lowest BCUT2D eigenvalue weighted by molar-refractivity contribution is -0.123. The summed E-state index contributed by atoms with van der Waals surface area (Å²) < 4.78 is 16.3. The Morgan fingerprint density at radius 1 is 1.00 bits per heavy atom. The van der Waals surface area contributed by atoms with Gasteiger partial charge in [0.2, 0.25) is 17.7 Å². The van der Waals surface area contributed by atoms with E-state index < -0.39 is 14.8 Å². The van der Waals surface area contributed by atoms with Crippen molar-refractivity contribution >= 4 is 55.5 Å². The Bertz CT molecular complexity index is 938. The molecule has 0 bridgehead atoms. The van der Waals surface area contributed by atoms with Crippen molar-refractivity contribution in [2.45, 2.75) is 94.0 Å². The van der Waals surface area contributed by atoms with Crippen LogP contribution in [0.25, 0.3) is 0 Å². The van der Waals surface area contributed by atoms with Gasteiger partial charge >= 0.3 is 6.03 Å². The van der Waals surface area contributed by atoms with Crippen molar-refractivity contribution in [3.8, 4) is 0 Å². The van der Waals surface area contributed by atoms with Crippen LogP contribution in [0, 0.1) is 0 Å². The number of hydrogen-bond acceptors (Lipinski definition) is 9. The van der Waals surface area contributed by atoms with Crippen LogP contribution in [0.1, 0.15) is 70.6 Å². The molecule has 0 aromatic rings. The van der Waals surface area contributed by atoms with Gasteiger partial charge in [-0.3, -0.25) is 18.6 Å². The SMILES string of the molecule is COS(=O)(=S)CCNC(=O)C(N)CCCCNC(=O)CCCCCNC(=O)CCCCC1SCC2NC(=O)NC21. The first-order valence-corrected chi connectivity index (χ1v) is 17.8. The lowest BCUT2D eigenvalue weighted by Crippen LogP contribution is -2.42. The minimum atomic E-state index is -2.79. The molecule has 0 aliphatic carbocycles. The third-order valence-corrected chi connectivity index (χ3v) is 10.6. The fraction of sp³-hybridized carbons (Fsp3) is 0.840. The summed E-state index contributed by atoms with van der Waals surface area (Å²) in [6.45, 7) is 1.29. The van der Waals surface area contributed by atoms with Crippen molar-refractivity contribution in [2.75, 3.05) is 38.2 Å². The molecular weight excluding hydrogens is 577 g/mol. The topological polar surface area (TPSA) is 181 Å². The van der Waals surface area contributed by atoms with Gasteiger partial charge in [0.05, 0.1) is 31.0 Å². The van der Waals surface area contributed by atoms with E-state index in [1.165, 1.54) is 7.11 Å². The first-order chi connectivity index (χ1) is 19.1. The molecule has 15 heteroatoms. The summed E-state index contributed by atoms with van der Waals surface area (Å²) >= 11 is 6.63.